The Bertz CT molecular complexity index is 2740. The Labute approximate surface area is 358 Å². The lowest BCUT2D eigenvalue weighted by molar-refractivity contribution is 0.282. The van der Waals surface area contributed by atoms with Gasteiger partial charge in [-0.05, 0) is 83.9 Å². The Hall–Kier alpha value is -7.64. The zero-order chi connectivity index (χ0) is 44.8. The van der Waals surface area contributed by atoms with Gasteiger partial charge in [0.25, 0.3) is 0 Å². The summed E-state index contributed by atoms with van der Waals surface area (Å²) < 4.78 is 20.3. The fourth-order valence-electron chi connectivity index (χ4n) is 5.85. The van der Waals surface area contributed by atoms with Gasteiger partial charge in [-0.25, -0.2) is 9.59 Å². The second-order valence-electron chi connectivity index (χ2n) is 13.8. The molecule has 0 amide bonds. The third-order valence-corrected chi connectivity index (χ3v) is 9.38. The summed E-state index contributed by atoms with van der Waals surface area (Å²) in [6.07, 6.45) is 8.26. The van der Waals surface area contributed by atoms with E-state index in [-0.39, 0.29) is 24.6 Å². The van der Waals surface area contributed by atoms with Crippen molar-refractivity contribution in [3.8, 4) is 11.4 Å². The zero-order valence-corrected chi connectivity index (χ0v) is 36.4. The summed E-state index contributed by atoms with van der Waals surface area (Å²) in [6.45, 7) is 20.6. The van der Waals surface area contributed by atoms with Crippen LogP contribution < -0.4 is 11.4 Å². The topological polar surface area (TPSA) is 209 Å². The van der Waals surface area contributed by atoms with Crippen LogP contribution >= 0.6 is 0 Å². The predicted octanol–water partition coefficient (Wildman–Crippen LogP) is 4.81. The molecule has 6 aromatic rings. The zero-order valence-electron chi connectivity index (χ0n) is 36.4. The standard InChI is InChI=1S/2C21H26N8O2/c1-6-13-28-18(11-12-22-28)16(4)23-24-20(7-2)31-14-17-15(3)9-8-10-19(17)29-21(30)27(5)25-26-29;1-6-12-28-13-11-18(24-28)16(4)22-23-20(7-2)31-14-17-15(3)9-8-10-19(17)29-21(30)27(5)25-26-29/h6,8-12H,1,7,13-14H2,2-5H3;6,8-11,13H,1,7,12,14H2,2-5H3. The molecule has 6 rings (SSSR count). The van der Waals surface area contributed by atoms with Crippen molar-refractivity contribution < 1.29 is 9.47 Å². The Morgan fingerprint density at radius 1 is 0.694 bits per heavy atom. The lowest BCUT2D eigenvalue weighted by Crippen LogP contribution is -2.23. The van der Waals surface area contributed by atoms with Gasteiger partial charge in [0, 0.05) is 50.5 Å². The minimum Gasteiger partial charge on any atom is -0.475 e. The van der Waals surface area contributed by atoms with Crippen LogP contribution in [0.2, 0.25) is 0 Å². The molecule has 0 saturated heterocycles. The molecule has 0 aliphatic heterocycles. The van der Waals surface area contributed by atoms with Crippen LogP contribution in [-0.2, 0) is 49.9 Å². The van der Waals surface area contributed by atoms with E-state index >= 15 is 0 Å². The molecule has 2 aromatic carbocycles. The van der Waals surface area contributed by atoms with Crippen LogP contribution in [0.3, 0.4) is 0 Å². The van der Waals surface area contributed by atoms with E-state index in [9.17, 15) is 9.59 Å². The van der Waals surface area contributed by atoms with E-state index in [1.807, 2.05) is 96.3 Å². The fraction of sp³-hybridized carbons (Fsp3) is 0.333. The van der Waals surface area contributed by atoms with Gasteiger partial charge in [-0.2, -0.15) is 39.1 Å². The Morgan fingerprint density at radius 2 is 1.21 bits per heavy atom. The summed E-state index contributed by atoms with van der Waals surface area (Å²) in [5, 5.41) is 41.3. The molecule has 0 spiro atoms. The van der Waals surface area contributed by atoms with E-state index < -0.39 is 0 Å². The number of benzene rings is 2. The van der Waals surface area contributed by atoms with E-state index in [0.29, 0.717) is 54.8 Å². The molecule has 0 aliphatic rings. The molecule has 0 bridgehead atoms. The number of aromatic nitrogens is 12. The van der Waals surface area contributed by atoms with Crippen LogP contribution in [0, 0.1) is 13.8 Å². The molecule has 4 aromatic heterocycles. The van der Waals surface area contributed by atoms with Gasteiger partial charge in [-0.1, -0.05) is 50.3 Å². The van der Waals surface area contributed by atoms with Crippen LogP contribution in [0.4, 0.5) is 0 Å². The summed E-state index contributed by atoms with van der Waals surface area (Å²) in [6, 6.07) is 15.0. The molecule has 20 nitrogen and oxygen atoms in total. The monoisotopic (exact) mass is 844 g/mol. The molecule has 0 aliphatic carbocycles. The van der Waals surface area contributed by atoms with Crippen LogP contribution in [0.5, 0.6) is 0 Å². The second-order valence-corrected chi connectivity index (χ2v) is 13.8. The van der Waals surface area contributed by atoms with Crippen molar-refractivity contribution in [2.75, 3.05) is 0 Å². The van der Waals surface area contributed by atoms with Crippen molar-refractivity contribution in [3.63, 3.8) is 0 Å². The molecule has 0 fully saturated rings. The third-order valence-electron chi connectivity index (χ3n) is 9.38. The van der Waals surface area contributed by atoms with Crippen LogP contribution in [0.25, 0.3) is 11.4 Å². The number of nitrogens with zero attached hydrogens (tertiary/aromatic N) is 16. The number of ether oxygens (including phenoxy) is 2. The summed E-state index contributed by atoms with van der Waals surface area (Å²) in [7, 11) is 3.11. The maximum atomic E-state index is 12.3. The van der Waals surface area contributed by atoms with Gasteiger partial charge in [0.15, 0.2) is 0 Å². The molecule has 62 heavy (non-hydrogen) atoms. The number of tetrazole rings is 2. The first-order valence-corrected chi connectivity index (χ1v) is 19.8. The minimum atomic E-state index is -0.327. The molecule has 20 heteroatoms. The molecule has 0 unspecified atom stereocenters. The molecular formula is C42H52N16O4. The number of aryl methyl sites for hydroxylation is 4. The Morgan fingerprint density at radius 3 is 1.68 bits per heavy atom. The van der Waals surface area contributed by atoms with Crippen LogP contribution in [0.1, 0.15) is 74.2 Å². The number of hydrogen-bond acceptors (Lipinski definition) is 14. The molecule has 324 valence electrons. The average molecular weight is 845 g/mol. The molecule has 0 N–H and O–H groups in total. The molecule has 0 saturated carbocycles. The van der Waals surface area contributed by atoms with E-state index in [1.165, 1.54) is 18.7 Å². The summed E-state index contributed by atoms with van der Waals surface area (Å²) in [4.78, 5) is 24.6. The van der Waals surface area contributed by atoms with Gasteiger partial charge >= 0.3 is 11.4 Å². The highest BCUT2D eigenvalue weighted by atomic mass is 16.5. The van der Waals surface area contributed by atoms with E-state index in [2.05, 4.69) is 64.6 Å². The number of allylic oxidation sites excluding steroid dienone is 2. The minimum absolute atomic E-state index is 0.222. The molecule has 0 atom stereocenters. The van der Waals surface area contributed by atoms with E-state index in [4.69, 9.17) is 9.47 Å². The fourth-order valence-corrected chi connectivity index (χ4v) is 5.85. The van der Waals surface area contributed by atoms with Crippen LogP contribution in [-0.4, -0.2) is 82.4 Å². The van der Waals surface area contributed by atoms with Crippen molar-refractivity contribution in [2.45, 2.75) is 80.7 Å². The Balaban J connectivity index is 0.000000234. The van der Waals surface area contributed by atoms with Gasteiger partial charge in [-0.3, -0.25) is 9.36 Å². The van der Waals surface area contributed by atoms with Crippen molar-refractivity contribution in [2.24, 2.45) is 34.5 Å². The normalized spacial score (nSPS) is 12.3. The highest BCUT2D eigenvalue weighted by Gasteiger charge is 2.16. The van der Waals surface area contributed by atoms with Gasteiger partial charge in [0.1, 0.15) is 18.9 Å². The molecular weight excluding hydrogens is 793 g/mol. The van der Waals surface area contributed by atoms with Crippen molar-refractivity contribution >= 4 is 23.2 Å². The van der Waals surface area contributed by atoms with Crippen molar-refractivity contribution in [3.05, 3.63) is 141 Å². The number of hydrogen-bond donors (Lipinski definition) is 0. The van der Waals surface area contributed by atoms with Gasteiger partial charge < -0.3 is 9.47 Å². The summed E-state index contributed by atoms with van der Waals surface area (Å²) in [5.74, 6) is 0.959. The largest absolute Gasteiger partial charge is 0.475 e. The second kappa shape index (κ2) is 21.6. The lowest BCUT2D eigenvalue weighted by atomic mass is 10.1. The van der Waals surface area contributed by atoms with E-state index in [0.717, 1.165) is 39.4 Å². The van der Waals surface area contributed by atoms with Gasteiger partial charge in [0.05, 0.1) is 41.6 Å². The SMILES string of the molecule is C=CCn1ccc(C(C)=NN=C(CC)OCc2c(C)cccc2-n2nnn(C)c2=O)n1.C=CCn1nccc1C(C)=NN=C(CC)OCc1c(C)cccc1-n1nnn(C)c1=O. The highest BCUT2D eigenvalue weighted by molar-refractivity contribution is 5.98. The van der Waals surface area contributed by atoms with Gasteiger partial charge in [-0.15, -0.1) is 23.4 Å². The quantitative estimate of drug-likeness (QED) is 0.0562. The maximum absolute atomic E-state index is 12.3. The van der Waals surface area contributed by atoms with E-state index in [1.54, 1.807) is 41.8 Å². The van der Waals surface area contributed by atoms with Crippen molar-refractivity contribution in [1.82, 2.24) is 59.1 Å². The molecule has 0 radical (unpaired) electrons. The average Bonchev–Trinajstić information content (AvgIpc) is 4.08. The number of rotatable bonds is 16. The summed E-state index contributed by atoms with van der Waals surface area (Å²) in [5.41, 5.74) is 7.20. The smallest absolute Gasteiger partial charge is 0.368 e. The molecule has 4 heterocycles. The third kappa shape index (κ3) is 11.1. The lowest BCUT2D eigenvalue weighted by Gasteiger charge is -2.13. The first-order chi connectivity index (χ1) is 29.9. The van der Waals surface area contributed by atoms with Crippen molar-refractivity contribution in [1.29, 1.82) is 0 Å². The highest BCUT2D eigenvalue weighted by Crippen LogP contribution is 2.20. The van der Waals surface area contributed by atoms with Crippen LogP contribution in [0.15, 0.2) is 116 Å². The first-order valence-electron chi connectivity index (χ1n) is 19.8. The predicted molar refractivity (Wildman–Crippen MR) is 237 cm³/mol. The van der Waals surface area contributed by atoms with Gasteiger partial charge in [0.2, 0.25) is 11.8 Å². The maximum Gasteiger partial charge on any atom is 0.368 e. The Kier molecular flexibility index (Phi) is 15.8. The first kappa shape index (κ1) is 45.4. The summed E-state index contributed by atoms with van der Waals surface area (Å²) >= 11 is 0.